The first-order valence-corrected chi connectivity index (χ1v) is 9.24. The van der Waals surface area contributed by atoms with E-state index in [9.17, 15) is 4.79 Å². The van der Waals surface area contributed by atoms with Crippen molar-refractivity contribution in [2.45, 2.75) is 43.4 Å². The van der Waals surface area contributed by atoms with Crippen molar-refractivity contribution in [3.05, 3.63) is 35.7 Å². The Morgan fingerprint density at radius 1 is 1.20 bits per heavy atom. The molecule has 1 unspecified atom stereocenters. The molecule has 1 saturated carbocycles. The predicted molar refractivity (Wildman–Crippen MR) is 95.8 cm³/mol. The summed E-state index contributed by atoms with van der Waals surface area (Å²) in [6.45, 7) is 1.50. The molecule has 1 spiro atoms. The van der Waals surface area contributed by atoms with E-state index in [1.807, 2.05) is 18.2 Å². The Bertz CT molecular complexity index is 838. The Kier molecular flexibility index (Phi) is 3.17. The predicted octanol–water partition coefficient (Wildman–Crippen LogP) is 2.57. The highest BCUT2D eigenvalue weighted by Crippen LogP contribution is 2.45. The Labute approximate surface area is 147 Å². The highest BCUT2D eigenvalue weighted by atomic mass is 16.2. The number of benzene rings is 1. The van der Waals surface area contributed by atoms with Crippen LogP contribution in [0.1, 0.15) is 49.4 Å². The fourth-order valence-electron chi connectivity index (χ4n) is 4.91. The number of carbonyl (C=O) groups excluding carboxylic acids is 1. The number of anilines is 2. The fourth-order valence-corrected chi connectivity index (χ4v) is 4.91. The number of hydrogen-bond acceptors (Lipinski definition) is 4. The van der Waals surface area contributed by atoms with Gasteiger partial charge in [-0.25, -0.2) is 0 Å². The zero-order valence-corrected chi connectivity index (χ0v) is 14.5. The lowest BCUT2D eigenvalue weighted by atomic mass is 9.81. The van der Waals surface area contributed by atoms with E-state index in [-0.39, 0.29) is 5.91 Å². The van der Waals surface area contributed by atoms with Crippen LogP contribution >= 0.6 is 0 Å². The van der Waals surface area contributed by atoms with E-state index in [2.05, 4.69) is 38.1 Å². The second kappa shape index (κ2) is 5.31. The van der Waals surface area contributed by atoms with Crippen LogP contribution in [0.25, 0.3) is 0 Å². The minimum absolute atomic E-state index is 0.120. The molecule has 1 aliphatic carbocycles. The average Bonchev–Trinajstić information content (AvgIpc) is 3.37. The molecule has 1 aromatic carbocycles. The number of rotatable bonds is 2. The summed E-state index contributed by atoms with van der Waals surface area (Å²) in [6, 6.07) is 8.06. The molecule has 1 aromatic heterocycles. The minimum atomic E-state index is -0.448. The molecule has 25 heavy (non-hydrogen) atoms. The molecule has 1 saturated heterocycles. The molecule has 130 valence electrons. The minimum Gasteiger partial charge on any atom is -0.339 e. The number of amides is 1. The lowest BCUT2D eigenvalue weighted by molar-refractivity contribution is -0.120. The number of aromatic nitrogens is 3. The van der Waals surface area contributed by atoms with Crippen molar-refractivity contribution >= 4 is 17.5 Å². The number of para-hydroxylation sites is 1. The molecule has 1 N–H and O–H groups in total. The first-order valence-electron chi connectivity index (χ1n) is 9.24. The van der Waals surface area contributed by atoms with Crippen molar-refractivity contribution < 1.29 is 4.79 Å². The van der Waals surface area contributed by atoms with Gasteiger partial charge in [-0.3, -0.25) is 4.79 Å². The van der Waals surface area contributed by atoms with E-state index in [4.69, 9.17) is 0 Å². The molecule has 1 atom stereocenters. The number of nitrogens with one attached hydrogen (secondary N) is 1. The van der Waals surface area contributed by atoms with E-state index >= 15 is 0 Å². The zero-order chi connectivity index (χ0) is 17.0. The molecule has 2 fully saturated rings. The van der Waals surface area contributed by atoms with Gasteiger partial charge in [0.05, 0.1) is 5.41 Å². The Morgan fingerprint density at radius 3 is 2.84 bits per heavy atom. The number of fused-ring (bicyclic) bond motifs is 2. The van der Waals surface area contributed by atoms with Crippen LogP contribution in [-0.4, -0.2) is 33.8 Å². The Hall–Kier alpha value is -2.37. The van der Waals surface area contributed by atoms with Gasteiger partial charge >= 0.3 is 0 Å². The van der Waals surface area contributed by atoms with Crippen molar-refractivity contribution in [3.8, 4) is 0 Å². The lowest BCUT2D eigenvalue weighted by Crippen LogP contribution is -2.38. The SMILES string of the molecule is Cn1c(C2CCCC2)nnc1N1CCC2(C1)C(=O)Nc1ccccc12. The fraction of sp³-hybridized carbons (Fsp3) is 0.526. The van der Waals surface area contributed by atoms with Gasteiger partial charge in [-0.2, -0.15) is 0 Å². The van der Waals surface area contributed by atoms with E-state index < -0.39 is 5.41 Å². The molecule has 5 rings (SSSR count). The van der Waals surface area contributed by atoms with Crippen molar-refractivity contribution in [1.29, 1.82) is 0 Å². The van der Waals surface area contributed by atoms with Crippen LogP contribution in [0.5, 0.6) is 0 Å². The maximum atomic E-state index is 12.8. The Balaban J connectivity index is 1.46. The van der Waals surface area contributed by atoms with Gasteiger partial charge in [0.2, 0.25) is 11.9 Å². The first kappa shape index (κ1) is 14.9. The van der Waals surface area contributed by atoms with Gasteiger partial charge in [0.15, 0.2) is 0 Å². The standard InChI is InChI=1S/C19H23N5O/c1-23-16(13-6-2-3-7-13)21-22-18(23)24-11-10-19(12-24)14-8-4-5-9-15(14)20-17(19)25/h4-5,8-9,13H,2-3,6-7,10-12H2,1H3,(H,20,25). The number of carbonyl (C=O) groups is 1. The monoisotopic (exact) mass is 337 g/mol. The van der Waals surface area contributed by atoms with Gasteiger partial charge in [-0.15, -0.1) is 10.2 Å². The third-order valence-electron chi connectivity index (χ3n) is 6.28. The van der Waals surface area contributed by atoms with Gasteiger partial charge in [0.1, 0.15) is 5.82 Å². The zero-order valence-electron chi connectivity index (χ0n) is 14.5. The molecule has 0 bridgehead atoms. The molecular formula is C19H23N5O. The summed E-state index contributed by atoms with van der Waals surface area (Å²) in [5.41, 5.74) is 1.63. The van der Waals surface area contributed by atoms with Crippen molar-refractivity contribution in [3.63, 3.8) is 0 Å². The molecular weight excluding hydrogens is 314 g/mol. The van der Waals surface area contributed by atoms with E-state index in [0.29, 0.717) is 12.5 Å². The largest absolute Gasteiger partial charge is 0.339 e. The molecule has 3 aliphatic rings. The molecule has 2 aromatic rings. The smallest absolute Gasteiger partial charge is 0.236 e. The molecule has 6 nitrogen and oxygen atoms in total. The summed E-state index contributed by atoms with van der Waals surface area (Å²) in [5, 5.41) is 12.0. The number of nitrogens with zero attached hydrogens (tertiary/aromatic N) is 4. The maximum absolute atomic E-state index is 12.8. The number of hydrogen-bond donors (Lipinski definition) is 1. The molecule has 0 radical (unpaired) electrons. The lowest BCUT2D eigenvalue weighted by Gasteiger charge is -2.23. The van der Waals surface area contributed by atoms with Crippen LogP contribution in [0.4, 0.5) is 11.6 Å². The van der Waals surface area contributed by atoms with Crippen LogP contribution in [0.3, 0.4) is 0 Å². The van der Waals surface area contributed by atoms with Gasteiger partial charge < -0.3 is 14.8 Å². The molecule has 2 aliphatic heterocycles. The highest BCUT2D eigenvalue weighted by molar-refractivity contribution is 6.07. The van der Waals surface area contributed by atoms with Crippen LogP contribution in [-0.2, 0) is 17.3 Å². The van der Waals surface area contributed by atoms with Crippen LogP contribution < -0.4 is 10.2 Å². The van der Waals surface area contributed by atoms with Gasteiger partial charge in [-0.05, 0) is 30.9 Å². The summed E-state index contributed by atoms with van der Waals surface area (Å²) in [7, 11) is 2.07. The summed E-state index contributed by atoms with van der Waals surface area (Å²) >= 11 is 0. The van der Waals surface area contributed by atoms with Gasteiger partial charge in [0.25, 0.3) is 0 Å². The van der Waals surface area contributed by atoms with Crippen molar-refractivity contribution in [1.82, 2.24) is 14.8 Å². The first-order chi connectivity index (χ1) is 12.2. The van der Waals surface area contributed by atoms with E-state index in [1.165, 1.54) is 25.7 Å². The Morgan fingerprint density at radius 2 is 2.00 bits per heavy atom. The van der Waals surface area contributed by atoms with Crippen LogP contribution in [0, 0.1) is 0 Å². The van der Waals surface area contributed by atoms with Crippen LogP contribution in [0.15, 0.2) is 24.3 Å². The molecule has 3 heterocycles. The van der Waals surface area contributed by atoms with Crippen LogP contribution in [0.2, 0.25) is 0 Å². The average molecular weight is 337 g/mol. The summed E-state index contributed by atoms with van der Waals surface area (Å²) in [4.78, 5) is 15.0. The summed E-state index contributed by atoms with van der Waals surface area (Å²) < 4.78 is 2.15. The second-order valence-corrected chi connectivity index (χ2v) is 7.65. The topological polar surface area (TPSA) is 63.1 Å². The third kappa shape index (κ3) is 2.06. The van der Waals surface area contributed by atoms with Crippen molar-refractivity contribution in [2.24, 2.45) is 7.05 Å². The van der Waals surface area contributed by atoms with E-state index in [0.717, 1.165) is 36.0 Å². The second-order valence-electron chi connectivity index (χ2n) is 7.65. The van der Waals surface area contributed by atoms with Crippen molar-refractivity contribution in [2.75, 3.05) is 23.3 Å². The summed E-state index contributed by atoms with van der Waals surface area (Å²) in [6.07, 6.45) is 5.83. The molecule has 6 heteroatoms. The third-order valence-corrected chi connectivity index (χ3v) is 6.28. The van der Waals surface area contributed by atoms with Gasteiger partial charge in [0, 0.05) is 31.7 Å². The maximum Gasteiger partial charge on any atom is 0.236 e. The van der Waals surface area contributed by atoms with Gasteiger partial charge in [-0.1, -0.05) is 31.0 Å². The quantitative estimate of drug-likeness (QED) is 0.915. The van der Waals surface area contributed by atoms with E-state index in [1.54, 1.807) is 0 Å². The molecule has 1 amide bonds. The summed E-state index contributed by atoms with van der Waals surface area (Å²) in [5.74, 6) is 2.66. The normalized spacial score (nSPS) is 25.8. The highest BCUT2D eigenvalue weighted by Gasteiger charge is 2.51.